The molecule has 0 aliphatic heterocycles. The topological polar surface area (TPSA) is 79.3 Å². The van der Waals surface area contributed by atoms with Gasteiger partial charge in [0.1, 0.15) is 5.82 Å². The van der Waals surface area contributed by atoms with Crippen molar-refractivity contribution < 1.29 is 19.1 Å². The average Bonchev–Trinajstić information content (AvgIpc) is 2.78. The highest BCUT2D eigenvalue weighted by molar-refractivity contribution is 9.10. The molecule has 1 aromatic carbocycles. The average molecular weight is 359 g/mol. The van der Waals surface area contributed by atoms with E-state index in [1.165, 1.54) is 12.1 Å². The third kappa shape index (κ3) is 3.61. The number of benzene rings is 1. The highest BCUT2D eigenvalue weighted by Crippen LogP contribution is 2.21. The Kier molecular flexibility index (Phi) is 4.46. The van der Waals surface area contributed by atoms with Crippen LogP contribution in [0.5, 0.6) is 0 Å². The second-order valence-electron chi connectivity index (χ2n) is 3.79. The fourth-order valence-electron chi connectivity index (χ4n) is 1.44. The number of anilines is 1. The van der Waals surface area contributed by atoms with Gasteiger partial charge in [0, 0.05) is 9.85 Å². The smallest absolute Gasteiger partial charge is 0.309 e. The van der Waals surface area contributed by atoms with Gasteiger partial charge in [0.15, 0.2) is 5.13 Å². The Labute approximate surface area is 125 Å². The van der Waals surface area contributed by atoms with Gasteiger partial charge < -0.3 is 5.11 Å². The minimum Gasteiger partial charge on any atom is -0.481 e. The molecule has 0 bridgehead atoms. The van der Waals surface area contributed by atoms with Crippen molar-refractivity contribution in [1.82, 2.24) is 4.98 Å². The Morgan fingerprint density at radius 3 is 2.90 bits per heavy atom. The summed E-state index contributed by atoms with van der Waals surface area (Å²) < 4.78 is 13.6. The minimum absolute atomic E-state index is 0.139. The molecule has 0 spiro atoms. The van der Waals surface area contributed by atoms with Gasteiger partial charge in [0.25, 0.3) is 5.91 Å². The Morgan fingerprint density at radius 2 is 2.20 bits per heavy atom. The second kappa shape index (κ2) is 6.10. The number of halogens is 2. The van der Waals surface area contributed by atoms with E-state index in [1.54, 1.807) is 5.38 Å². The largest absolute Gasteiger partial charge is 0.481 e. The van der Waals surface area contributed by atoms with E-state index in [9.17, 15) is 14.0 Å². The Bertz CT molecular complexity index is 674. The van der Waals surface area contributed by atoms with Crippen LogP contribution < -0.4 is 5.32 Å². The Morgan fingerprint density at radius 1 is 1.45 bits per heavy atom. The van der Waals surface area contributed by atoms with Gasteiger partial charge in [0.2, 0.25) is 0 Å². The molecule has 5 nitrogen and oxygen atoms in total. The summed E-state index contributed by atoms with van der Waals surface area (Å²) in [6.07, 6.45) is -0.212. The summed E-state index contributed by atoms with van der Waals surface area (Å²) in [5.41, 5.74) is 0.496. The Hall–Kier alpha value is -1.80. The summed E-state index contributed by atoms with van der Waals surface area (Å²) in [7, 11) is 0. The standard InChI is InChI=1S/C12H8BrFN2O3S/c13-9-2-1-6(14)3-8(9)11(19)16-12-15-7(5-20-12)4-10(17)18/h1-3,5H,4H2,(H,17,18)(H,15,16,19). The molecule has 0 saturated heterocycles. The summed E-state index contributed by atoms with van der Waals surface area (Å²) in [4.78, 5) is 26.5. The first kappa shape index (κ1) is 14.6. The number of aromatic nitrogens is 1. The molecule has 0 saturated carbocycles. The van der Waals surface area contributed by atoms with Gasteiger partial charge in [-0.1, -0.05) is 0 Å². The van der Waals surface area contributed by atoms with E-state index in [2.05, 4.69) is 26.2 Å². The SMILES string of the molecule is O=C(O)Cc1csc(NC(=O)c2cc(F)ccc2Br)n1. The molecular formula is C12H8BrFN2O3S. The number of thiazole rings is 1. The zero-order valence-electron chi connectivity index (χ0n) is 9.89. The summed E-state index contributed by atoms with van der Waals surface area (Å²) in [6, 6.07) is 3.77. The first-order valence-corrected chi connectivity index (χ1v) is 7.05. The van der Waals surface area contributed by atoms with Crippen molar-refractivity contribution in [2.75, 3.05) is 5.32 Å². The number of carboxylic acid groups (broad SMARTS) is 1. The molecule has 2 aromatic rings. The van der Waals surface area contributed by atoms with Crippen molar-refractivity contribution in [3.05, 3.63) is 45.1 Å². The molecule has 0 aliphatic carbocycles. The lowest BCUT2D eigenvalue weighted by Gasteiger charge is -2.04. The van der Waals surface area contributed by atoms with Gasteiger partial charge in [0.05, 0.1) is 17.7 Å². The molecule has 0 unspecified atom stereocenters. The number of carboxylic acids is 1. The van der Waals surface area contributed by atoms with Crippen molar-refractivity contribution in [3.8, 4) is 0 Å². The van der Waals surface area contributed by atoms with E-state index in [0.717, 1.165) is 17.4 Å². The van der Waals surface area contributed by atoms with E-state index >= 15 is 0 Å². The summed E-state index contributed by atoms with van der Waals surface area (Å²) >= 11 is 4.27. The van der Waals surface area contributed by atoms with Crippen molar-refractivity contribution in [2.45, 2.75) is 6.42 Å². The first-order valence-electron chi connectivity index (χ1n) is 5.38. The van der Waals surface area contributed by atoms with Crippen LogP contribution in [0.15, 0.2) is 28.1 Å². The summed E-state index contributed by atoms with van der Waals surface area (Å²) in [5.74, 6) is -2.04. The van der Waals surface area contributed by atoms with Crippen molar-refractivity contribution in [3.63, 3.8) is 0 Å². The zero-order chi connectivity index (χ0) is 14.7. The molecule has 0 radical (unpaired) electrons. The maximum absolute atomic E-state index is 13.1. The van der Waals surface area contributed by atoms with Crippen molar-refractivity contribution >= 4 is 44.3 Å². The van der Waals surface area contributed by atoms with Crippen molar-refractivity contribution in [1.29, 1.82) is 0 Å². The van der Waals surface area contributed by atoms with Crippen LogP contribution in [0.2, 0.25) is 0 Å². The van der Waals surface area contributed by atoms with Crippen LogP contribution in [0.4, 0.5) is 9.52 Å². The second-order valence-corrected chi connectivity index (χ2v) is 5.51. The number of amides is 1. The summed E-state index contributed by atoms with van der Waals surface area (Å²) in [6.45, 7) is 0. The van der Waals surface area contributed by atoms with Gasteiger partial charge in [-0.05, 0) is 34.1 Å². The van der Waals surface area contributed by atoms with E-state index in [1.807, 2.05) is 0 Å². The number of nitrogens with zero attached hydrogens (tertiary/aromatic N) is 1. The molecule has 20 heavy (non-hydrogen) atoms. The molecule has 0 aliphatic rings. The van der Waals surface area contributed by atoms with E-state index in [-0.39, 0.29) is 17.1 Å². The normalized spacial score (nSPS) is 10.3. The number of rotatable bonds is 4. The third-order valence-electron chi connectivity index (χ3n) is 2.28. The fraction of sp³-hybridized carbons (Fsp3) is 0.0833. The van der Waals surface area contributed by atoms with Crippen molar-refractivity contribution in [2.24, 2.45) is 0 Å². The molecule has 1 aromatic heterocycles. The van der Waals surface area contributed by atoms with Crippen LogP contribution in [0.1, 0.15) is 16.1 Å². The third-order valence-corrected chi connectivity index (χ3v) is 3.78. The first-order chi connectivity index (χ1) is 9.45. The van der Waals surface area contributed by atoms with Gasteiger partial charge in [-0.25, -0.2) is 9.37 Å². The lowest BCUT2D eigenvalue weighted by molar-refractivity contribution is -0.136. The lowest BCUT2D eigenvalue weighted by Crippen LogP contribution is -2.13. The van der Waals surface area contributed by atoms with Gasteiger partial charge >= 0.3 is 5.97 Å². The van der Waals surface area contributed by atoms with Crippen LogP contribution >= 0.6 is 27.3 Å². The number of carbonyl (C=O) groups excluding carboxylic acids is 1. The molecule has 1 amide bonds. The van der Waals surface area contributed by atoms with Gasteiger partial charge in [-0.2, -0.15) is 0 Å². The van der Waals surface area contributed by atoms with Crippen LogP contribution in [-0.4, -0.2) is 22.0 Å². The minimum atomic E-state index is -0.999. The molecule has 0 fully saturated rings. The molecule has 2 rings (SSSR count). The maximum atomic E-state index is 13.1. The quantitative estimate of drug-likeness (QED) is 0.880. The molecule has 0 atom stereocenters. The zero-order valence-corrected chi connectivity index (χ0v) is 12.3. The molecule has 8 heteroatoms. The predicted molar refractivity (Wildman–Crippen MR) is 75.5 cm³/mol. The predicted octanol–water partition coefficient (Wildman–Crippen LogP) is 2.92. The fourth-order valence-corrected chi connectivity index (χ4v) is 2.57. The molecule has 2 N–H and O–H groups in total. The van der Waals surface area contributed by atoms with E-state index in [0.29, 0.717) is 10.2 Å². The number of aliphatic carboxylic acids is 1. The number of hydrogen-bond donors (Lipinski definition) is 2. The summed E-state index contributed by atoms with van der Waals surface area (Å²) in [5, 5.41) is 12.9. The van der Waals surface area contributed by atoms with E-state index < -0.39 is 17.7 Å². The van der Waals surface area contributed by atoms with E-state index in [4.69, 9.17) is 5.11 Å². The maximum Gasteiger partial charge on any atom is 0.309 e. The Balaban J connectivity index is 2.13. The highest BCUT2D eigenvalue weighted by atomic mass is 79.9. The van der Waals surface area contributed by atoms with Crippen LogP contribution in [-0.2, 0) is 11.2 Å². The molecule has 104 valence electrons. The number of nitrogens with one attached hydrogen (secondary N) is 1. The van der Waals surface area contributed by atoms with Gasteiger partial charge in [-0.3, -0.25) is 14.9 Å². The lowest BCUT2D eigenvalue weighted by atomic mass is 10.2. The highest BCUT2D eigenvalue weighted by Gasteiger charge is 2.14. The van der Waals surface area contributed by atoms with Crippen LogP contribution in [0, 0.1) is 5.82 Å². The number of hydrogen-bond acceptors (Lipinski definition) is 4. The number of carbonyl (C=O) groups is 2. The van der Waals surface area contributed by atoms with Crippen LogP contribution in [0.3, 0.4) is 0 Å². The monoisotopic (exact) mass is 358 g/mol. The van der Waals surface area contributed by atoms with Crippen LogP contribution in [0.25, 0.3) is 0 Å². The molecule has 1 heterocycles. The van der Waals surface area contributed by atoms with Gasteiger partial charge in [-0.15, -0.1) is 11.3 Å². The molecular weight excluding hydrogens is 351 g/mol.